The van der Waals surface area contributed by atoms with Gasteiger partial charge in [0.05, 0.1) is 5.56 Å². The van der Waals surface area contributed by atoms with E-state index in [9.17, 15) is 22.8 Å². The second-order valence-corrected chi connectivity index (χ2v) is 6.43. The van der Waals surface area contributed by atoms with Crippen molar-refractivity contribution in [1.82, 2.24) is 0 Å². The Labute approximate surface area is 153 Å². The van der Waals surface area contributed by atoms with Crippen molar-refractivity contribution < 1.29 is 32.2 Å². The smallest absolute Gasteiger partial charge is 0.416 e. The van der Waals surface area contributed by atoms with Crippen LogP contribution in [0.5, 0.6) is 0 Å². The van der Waals surface area contributed by atoms with Gasteiger partial charge in [-0.05, 0) is 34.9 Å². The summed E-state index contributed by atoms with van der Waals surface area (Å²) in [5.74, 6) is -2.86. The molecule has 3 rings (SSSR count). The molecule has 0 unspecified atom stereocenters. The minimum absolute atomic E-state index is 0.225. The molecule has 1 heterocycles. The van der Waals surface area contributed by atoms with E-state index in [0.29, 0.717) is 16.7 Å². The number of alkyl halides is 3. The van der Waals surface area contributed by atoms with E-state index in [-0.39, 0.29) is 5.57 Å². The van der Waals surface area contributed by atoms with Crippen LogP contribution in [0.3, 0.4) is 0 Å². The predicted octanol–water partition coefficient (Wildman–Crippen LogP) is 4.59. The van der Waals surface area contributed by atoms with Crippen LogP contribution < -0.4 is 0 Å². The summed E-state index contributed by atoms with van der Waals surface area (Å²) in [6.07, 6.45) is -3.04. The maximum Gasteiger partial charge on any atom is 0.416 e. The molecule has 0 amide bonds. The number of esters is 2. The lowest BCUT2D eigenvalue weighted by molar-refractivity contribution is -0.222. The molecule has 1 aliphatic rings. The minimum Gasteiger partial charge on any atom is -0.419 e. The third-order valence-corrected chi connectivity index (χ3v) is 3.88. The molecule has 0 aromatic heterocycles. The van der Waals surface area contributed by atoms with Gasteiger partial charge in [0.2, 0.25) is 0 Å². The van der Waals surface area contributed by atoms with Crippen molar-refractivity contribution in [3.8, 4) is 11.1 Å². The Morgan fingerprint density at radius 2 is 1.26 bits per heavy atom. The molecule has 140 valence electrons. The largest absolute Gasteiger partial charge is 0.419 e. The molecule has 0 spiro atoms. The zero-order valence-corrected chi connectivity index (χ0v) is 14.5. The van der Waals surface area contributed by atoms with Gasteiger partial charge in [0, 0.05) is 13.8 Å². The SMILES string of the molecule is CC1(C)OC(=O)C(=Cc2ccc(-c3ccc(C(F)(F)F)cc3)cc2)C(=O)O1. The van der Waals surface area contributed by atoms with Gasteiger partial charge in [-0.25, -0.2) is 9.59 Å². The standard InChI is InChI=1S/C20H15F3O4/c1-19(2)26-17(24)16(18(25)27-19)11-12-3-5-13(6-4-12)14-7-9-15(10-8-14)20(21,22)23/h3-11H,1-2H3. The van der Waals surface area contributed by atoms with Crippen LogP contribution in [0.4, 0.5) is 13.2 Å². The summed E-state index contributed by atoms with van der Waals surface area (Å²) in [6, 6.07) is 11.4. The molecule has 0 aliphatic carbocycles. The highest BCUT2D eigenvalue weighted by Crippen LogP contribution is 2.31. The number of carbonyl (C=O) groups excluding carboxylic acids is 2. The van der Waals surface area contributed by atoms with Gasteiger partial charge in [0.1, 0.15) is 5.57 Å². The van der Waals surface area contributed by atoms with Crippen LogP contribution in [-0.2, 0) is 25.2 Å². The lowest BCUT2D eigenvalue weighted by Gasteiger charge is -2.29. The normalized spacial score (nSPS) is 16.6. The molecule has 0 saturated carbocycles. The summed E-state index contributed by atoms with van der Waals surface area (Å²) in [5, 5.41) is 0. The van der Waals surface area contributed by atoms with Gasteiger partial charge in [0.25, 0.3) is 5.79 Å². The van der Waals surface area contributed by atoms with Crippen LogP contribution in [0.1, 0.15) is 25.0 Å². The first-order valence-corrected chi connectivity index (χ1v) is 8.01. The van der Waals surface area contributed by atoms with E-state index < -0.39 is 29.5 Å². The van der Waals surface area contributed by atoms with Crippen molar-refractivity contribution in [2.24, 2.45) is 0 Å². The van der Waals surface area contributed by atoms with Crippen LogP contribution in [0.15, 0.2) is 54.1 Å². The van der Waals surface area contributed by atoms with Gasteiger partial charge < -0.3 is 9.47 Å². The van der Waals surface area contributed by atoms with E-state index >= 15 is 0 Å². The van der Waals surface area contributed by atoms with Crippen molar-refractivity contribution in [2.75, 3.05) is 0 Å². The van der Waals surface area contributed by atoms with E-state index in [2.05, 4.69) is 0 Å². The van der Waals surface area contributed by atoms with E-state index in [1.54, 1.807) is 24.3 Å². The summed E-state index contributed by atoms with van der Waals surface area (Å²) < 4.78 is 47.9. The Morgan fingerprint density at radius 1 is 0.815 bits per heavy atom. The second kappa shape index (κ2) is 6.57. The Hall–Kier alpha value is -3.09. The van der Waals surface area contributed by atoms with E-state index in [1.807, 2.05) is 0 Å². The van der Waals surface area contributed by atoms with Gasteiger partial charge >= 0.3 is 18.1 Å². The third kappa shape index (κ3) is 4.19. The molecule has 0 radical (unpaired) electrons. The fraction of sp³-hybridized carbons (Fsp3) is 0.200. The van der Waals surface area contributed by atoms with Gasteiger partial charge in [-0.15, -0.1) is 0 Å². The molecule has 1 saturated heterocycles. The number of ether oxygens (including phenoxy) is 2. The highest BCUT2D eigenvalue weighted by Gasteiger charge is 2.38. The summed E-state index contributed by atoms with van der Waals surface area (Å²) >= 11 is 0. The van der Waals surface area contributed by atoms with Crippen LogP contribution in [0.25, 0.3) is 17.2 Å². The summed E-state index contributed by atoms with van der Waals surface area (Å²) in [4.78, 5) is 23.9. The number of benzene rings is 2. The monoisotopic (exact) mass is 376 g/mol. The average molecular weight is 376 g/mol. The Balaban J connectivity index is 1.82. The molecule has 7 heteroatoms. The van der Waals surface area contributed by atoms with E-state index in [4.69, 9.17) is 9.47 Å². The minimum atomic E-state index is -4.38. The predicted molar refractivity (Wildman–Crippen MR) is 91.1 cm³/mol. The first-order chi connectivity index (χ1) is 12.5. The third-order valence-electron chi connectivity index (χ3n) is 3.88. The van der Waals surface area contributed by atoms with Crippen molar-refractivity contribution in [3.05, 3.63) is 65.2 Å². The molecule has 0 N–H and O–H groups in total. The summed E-state index contributed by atoms with van der Waals surface area (Å²) in [5.41, 5.74) is 0.914. The van der Waals surface area contributed by atoms with Crippen molar-refractivity contribution >= 4 is 18.0 Å². The van der Waals surface area contributed by atoms with Gasteiger partial charge in [0.15, 0.2) is 0 Å². The highest BCUT2D eigenvalue weighted by molar-refractivity contribution is 6.18. The summed E-state index contributed by atoms with van der Waals surface area (Å²) in [6.45, 7) is 2.91. The Kier molecular flexibility index (Phi) is 4.55. The number of halogens is 3. The fourth-order valence-corrected chi connectivity index (χ4v) is 2.57. The Morgan fingerprint density at radius 3 is 1.70 bits per heavy atom. The van der Waals surface area contributed by atoms with Crippen LogP contribution in [0.2, 0.25) is 0 Å². The first kappa shape index (κ1) is 18.7. The molecule has 4 nitrogen and oxygen atoms in total. The maximum atomic E-state index is 12.6. The molecule has 0 bridgehead atoms. The average Bonchev–Trinajstić information content (AvgIpc) is 2.57. The molecular formula is C20H15F3O4. The topological polar surface area (TPSA) is 52.6 Å². The highest BCUT2D eigenvalue weighted by atomic mass is 19.4. The van der Waals surface area contributed by atoms with Gasteiger partial charge in [-0.1, -0.05) is 36.4 Å². The van der Waals surface area contributed by atoms with Gasteiger partial charge in [-0.3, -0.25) is 0 Å². The van der Waals surface area contributed by atoms with Crippen LogP contribution in [-0.4, -0.2) is 17.7 Å². The van der Waals surface area contributed by atoms with Crippen molar-refractivity contribution in [2.45, 2.75) is 25.8 Å². The number of hydrogen-bond donors (Lipinski definition) is 0. The molecule has 1 fully saturated rings. The lowest BCUT2D eigenvalue weighted by atomic mass is 10.0. The molecule has 1 aliphatic heterocycles. The maximum absolute atomic E-state index is 12.6. The fourth-order valence-electron chi connectivity index (χ4n) is 2.57. The second-order valence-electron chi connectivity index (χ2n) is 6.43. The van der Waals surface area contributed by atoms with Crippen molar-refractivity contribution in [3.63, 3.8) is 0 Å². The van der Waals surface area contributed by atoms with E-state index in [0.717, 1.165) is 12.1 Å². The molecule has 27 heavy (non-hydrogen) atoms. The zero-order chi connectivity index (χ0) is 19.8. The summed E-state index contributed by atoms with van der Waals surface area (Å²) in [7, 11) is 0. The first-order valence-electron chi connectivity index (χ1n) is 8.01. The Bertz CT molecular complexity index is 886. The molecule has 0 atom stereocenters. The molecule has 2 aromatic rings. The van der Waals surface area contributed by atoms with Crippen LogP contribution in [0, 0.1) is 0 Å². The number of cyclic esters (lactones) is 2. The quantitative estimate of drug-likeness (QED) is 0.437. The zero-order valence-electron chi connectivity index (χ0n) is 14.5. The number of rotatable bonds is 2. The van der Waals surface area contributed by atoms with E-state index in [1.165, 1.54) is 32.1 Å². The van der Waals surface area contributed by atoms with Crippen molar-refractivity contribution in [1.29, 1.82) is 0 Å². The lowest BCUT2D eigenvalue weighted by Crippen LogP contribution is -2.41. The van der Waals surface area contributed by atoms with Gasteiger partial charge in [-0.2, -0.15) is 13.2 Å². The van der Waals surface area contributed by atoms with Crippen LogP contribution >= 0.6 is 0 Å². The molecule has 2 aromatic carbocycles. The molecular weight excluding hydrogens is 361 g/mol. The number of carbonyl (C=O) groups is 2. The number of hydrogen-bond acceptors (Lipinski definition) is 4.